The summed E-state index contributed by atoms with van der Waals surface area (Å²) in [6.07, 6.45) is 1.78. The third-order valence-corrected chi connectivity index (χ3v) is 3.36. The van der Waals surface area contributed by atoms with Gasteiger partial charge < -0.3 is 5.32 Å². The van der Waals surface area contributed by atoms with Gasteiger partial charge in [0.2, 0.25) is 10.0 Å². The lowest BCUT2D eigenvalue weighted by molar-refractivity contribution is 0.0948. The Labute approximate surface area is 108 Å². The summed E-state index contributed by atoms with van der Waals surface area (Å²) >= 11 is 3.20. The van der Waals surface area contributed by atoms with Gasteiger partial charge in [-0.05, 0) is 34.5 Å². The molecule has 0 aliphatic rings. The van der Waals surface area contributed by atoms with Gasteiger partial charge in [0.15, 0.2) is 0 Å². The highest BCUT2D eigenvalue weighted by Gasteiger charge is 2.10. The first-order chi connectivity index (χ1) is 7.90. The molecule has 17 heavy (non-hydrogen) atoms. The van der Waals surface area contributed by atoms with Crippen molar-refractivity contribution in [2.45, 2.75) is 6.42 Å². The van der Waals surface area contributed by atoms with Gasteiger partial charge in [0.1, 0.15) is 5.69 Å². The van der Waals surface area contributed by atoms with E-state index in [1.165, 1.54) is 6.20 Å². The van der Waals surface area contributed by atoms with E-state index in [-0.39, 0.29) is 30.3 Å². The Morgan fingerprint density at radius 1 is 1.53 bits per heavy atom. The Balaban J connectivity index is 2.44. The molecule has 0 fully saturated rings. The summed E-state index contributed by atoms with van der Waals surface area (Å²) in [5.41, 5.74) is 0.267. The summed E-state index contributed by atoms with van der Waals surface area (Å²) in [6, 6.07) is 3.40. The number of nitrogens with zero attached hydrogens (tertiary/aromatic N) is 1. The van der Waals surface area contributed by atoms with Crippen LogP contribution in [0.3, 0.4) is 0 Å². The molecule has 8 heteroatoms. The molecule has 6 nitrogen and oxygen atoms in total. The molecule has 0 unspecified atom stereocenters. The second kappa shape index (κ2) is 6.08. The molecule has 0 saturated heterocycles. The molecule has 3 N–H and O–H groups in total. The monoisotopic (exact) mass is 321 g/mol. The Kier molecular flexibility index (Phi) is 5.03. The van der Waals surface area contributed by atoms with Gasteiger partial charge in [-0.25, -0.2) is 18.5 Å². The second-order valence-electron chi connectivity index (χ2n) is 3.31. The zero-order valence-corrected chi connectivity index (χ0v) is 11.3. The minimum absolute atomic E-state index is 0.156. The summed E-state index contributed by atoms with van der Waals surface area (Å²) in [6.45, 7) is 0.234. The molecule has 1 aromatic rings. The number of sulfonamides is 1. The number of amides is 1. The van der Waals surface area contributed by atoms with E-state index in [0.717, 1.165) is 0 Å². The van der Waals surface area contributed by atoms with E-state index in [4.69, 9.17) is 5.14 Å². The van der Waals surface area contributed by atoms with Crippen molar-refractivity contribution in [2.75, 3.05) is 12.3 Å². The van der Waals surface area contributed by atoms with Crippen molar-refractivity contribution in [3.63, 3.8) is 0 Å². The number of nitrogens with one attached hydrogen (secondary N) is 1. The zero-order chi connectivity index (χ0) is 12.9. The number of pyridine rings is 1. The largest absolute Gasteiger partial charge is 0.351 e. The lowest BCUT2D eigenvalue weighted by atomic mass is 10.3. The van der Waals surface area contributed by atoms with Crippen molar-refractivity contribution in [3.8, 4) is 0 Å². The van der Waals surface area contributed by atoms with Crippen LogP contribution in [0.2, 0.25) is 0 Å². The molecule has 0 saturated carbocycles. The van der Waals surface area contributed by atoms with Crippen LogP contribution in [-0.2, 0) is 10.0 Å². The third-order valence-electron chi connectivity index (χ3n) is 1.86. The van der Waals surface area contributed by atoms with Crippen molar-refractivity contribution >= 4 is 31.9 Å². The van der Waals surface area contributed by atoms with E-state index in [2.05, 4.69) is 26.2 Å². The first-order valence-corrected chi connectivity index (χ1v) is 7.30. The summed E-state index contributed by atoms with van der Waals surface area (Å²) in [5.74, 6) is -0.511. The van der Waals surface area contributed by atoms with Gasteiger partial charge in [-0.15, -0.1) is 0 Å². The Hall–Kier alpha value is -0.990. The van der Waals surface area contributed by atoms with Gasteiger partial charge in [-0.1, -0.05) is 0 Å². The van der Waals surface area contributed by atoms with Crippen LogP contribution in [0.15, 0.2) is 22.8 Å². The minimum atomic E-state index is -3.47. The molecule has 94 valence electrons. The van der Waals surface area contributed by atoms with Crippen LogP contribution in [0.5, 0.6) is 0 Å². The molecular formula is C9H12BrN3O3S. The number of primary sulfonamides is 1. The summed E-state index contributed by atoms with van der Waals surface area (Å²) in [5, 5.41) is 7.39. The van der Waals surface area contributed by atoms with Gasteiger partial charge in [-0.2, -0.15) is 0 Å². The van der Waals surface area contributed by atoms with Gasteiger partial charge in [0.25, 0.3) is 5.91 Å². The maximum atomic E-state index is 11.6. The predicted molar refractivity (Wildman–Crippen MR) is 66.9 cm³/mol. The van der Waals surface area contributed by atoms with E-state index in [1.54, 1.807) is 12.1 Å². The van der Waals surface area contributed by atoms with Crippen LogP contribution >= 0.6 is 15.9 Å². The average Bonchev–Trinajstić information content (AvgIpc) is 2.23. The molecule has 1 rings (SSSR count). The maximum absolute atomic E-state index is 11.6. The first-order valence-electron chi connectivity index (χ1n) is 4.79. The van der Waals surface area contributed by atoms with Gasteiger partial charge in [0, 0.05) is 17.2 Å². The van der Waals surface area contributed by atoms with Crippen molar-refractivity contribution in [1.82, 2.24) is 10.3 Å². The van der Waals surface area contributed by atoms with Crippen LogP contribution in [-0.4, -0.2) is 31.6 Å². The van der Waals surface area contributed by atoms with Gasteiger partial charge in [-0.3, -0.25) is 4.79 Å². The highest BCUT2D eigenvalue weighted by atomic mass is 79.9. The molecular weight excluding hydrogens is 310 g/mol. The topological polar surface area (TPSA) is 102 Å². The Morgan fingerprint density at radius 2 is 2.24 bits per heavy atom. The maximum Gasteiger partial charge on any atom is 0.271 e. The number of carbonyl (C=O) groups is 1. The quantitative estimate of drug-likeness (QED) is 0.759. The van der Waals surface area contributed by atoms with Gasteiger partial charge in [0.05, 0.1) is 5.75 Å². The Bertz CT molecular complexity index is 504. The normalized spacial score (nSPS) is 11.2. The predicted octanol–water partition coefficient (Wildman–Crippen LogP) is 0.253. The third kappa shape index (κ3) is 5.24. The molecule has 0 aliphatic carbocycles. The molecule has 0 spiro atoms. The van der Waals surface area contributed by atoms with Crippen LogP contribution in [0.25, 0.3) is 0 Å². The summed E-state index contributed by atoms with van der Waals surface area (Å²) in [4.78, 5) is 15.5. The van der Waals surface area contributed by atoms with E-state index in [9.17, 15) is 13.2 Å². The number of nitrogens with two attached hydrogens (primary N) is 1. The van der Waals surface area contributed by atoms with Crippen molar-refractivity contribution in [2.24, 2.45) is 5.14 Å². The second-order valence-corrected chi connectivity index (χ2v) is 5.90. The average molecular weight is 322 g/mol. The number of rotatable bonds is 5. The number of hydrogen-bond donors (Lipinski definition) is 2. The molecule has 1 heterocycles. The minimum Gasteiger partial charge on any atom is -0.351 e. The standard InChI is InChI=1S/C9H12BrN3O3S/c10-7-3-1-4-12-8(7)9(14)13-5-2-6-17(11,15)16/h1,3-4H,2,5-6H2,(H,13,14)(H2,11,15,16). The van der Waals surface area contributed by atoms with Crippen molar-refractivity contribution < 1.29 is 13.2 Å². The molecule has 0 radical (unpaired) electrons. The lowest BCUT2D eigenvalue weighted by Crippen LogP contribution is -2.28. The van der Waals surface area contributed by atoms with E-state index in [0.29, 0.717) is 4.47 Å². The van der Waals surface area contributed by atoms with Crippen LogP contribution in [0, 0.1) is 0 Å². The molecule has 1 amide bonds. The van der Waals surface area contributed by atoms with Crippen molar-refractivity contribution in [3.05, 3.63) is 28.5 Å². The molecule has 1 aromatic heterocycles. The van der Waals surface area contributed by atoms with Crippen LogP contribution < -0.4 is 10.5 Å². The Morgan fingerprint density at radius 3 is 2.82 bits per heavy atom. The highest BCUT2D eigenvalue weighted by Crippen LogP contribution is 2.12. The van der Waals surface area contributed by atoms with Crippen molar-refractivity contribution in [1.29, 1.82) is 0 Å². The SMILES string of the molecule is NS(=O)(=O)CCCNC(=O)c1ncccc1Br. The smallest absolute Gasteiger partial charge is 0.271 e. The lowest BCUT2D eigenvalue weighted by Gasteiger charge is -2.05. The highest BCUT2D eigenvalue weighted by molar-refractivity contribution is 9.10. The van der Waals surface area contributed by atoms with Gasteiger partial charge >= 0.3 is 0 Å². The summed E-state index contributed by atoms with van der Waals surface area (Å²) in [7, 11) is -3.47. The zero-order valence-electron chi connectivity index (χ0n) is 8.89. The fourth-order valence-electron chi connectivity index (χ4n) is 1.11. The number of aromatic nitrogens is 1. The molecule has 0 bridgehead atoms. The van der Waals surface area contributed by atoms with E-state index < -0.39 is 10.0 Å². The molecule has 0 aliphatic heterocycles. The first kappa shape index (κ1) is 14.1. The summed E-state index contributed by atoms with van der Waals surface area (Å²) < 4.78 is 21.9. The molecule has 0 aromatic carbocycles. The number of halogens is 1. The fraction of sp³-hybridized carbons (Fsp3) is 0.333. The van der Waals surface area contributed by atoms with E-state index in [1.807, 2.05) is 0 Å². The number of hydrogen-bond acceptors (Lipinski definition) is 4. The number of carbonyl (C=O) groups excluding carboxylic acids is 1. The van der Waals surface area contributed by atoms with Crippen LogP contribution in [0.4, 0.5) is 0 Å². The molecule has 0 atom stereocenters. The van der Waals surface area contributed by atoms with E-state index >= 15 is 0 Å². The van der Waals surface area contributed by atoms with Crippen LogP contribution in [0.1, 0.15) is 16.9 Å². The fourth-order valence-corrected chi connectivity index (χ4v) is 2.09.